The van der Waals surface area contributed by atoms with E-state index in [1.165, 1.54) is 19.2 Å². The van der Waals surface area contributed by atoms with Gasteiger partial charge >= 0.3 is 0 Å². The maximum atomic E-state index is 13.6. The monoisotopic (exact) mass is 441 g/mol. The minimum atomic E-state index is -0.719. The van der Waals surface area contributed by atoms with Crippen molar-refractivity contribution in [2.75, 3.05) is 14.2 Å². The lowest BCUT2D eigenvalue weighted by Crippen LogP contribution is -2.36. The molecule has 0 bridgehead atoms. The molecule has 9 heteroatoms. The van der Waals surface area contributed by atoms with E-state index in [0.717, 1.165) is 11.1 Å². The standard InChI is InChI=1S/C20H22Cl2FN3O3/c1-11-6-5-7-14(19(26-28-4)20(27)24-3)15(11)10-29-25-12(2)13-8-16(21)18(23)17(22)9-13/h5-9,19,26H,10H2,1-4H3,(H,24,27)/b25-12+. The third-order valence-corrected chi connectivity index (χ3v) is 4.86. The fourth-order valence-electron chi connectivity index (χ4n) is 2.72. The van der Waals surface area contributed by atoms with Crippen LogP contribution in [0, 0.1) is 12.7 Å². The van der Waals surface area contributed by atoms with Gasteiger partial charge in [0.15, 0.2) is 5.82 Å². The predicted molar refractivity (Wildman–Crippen MR) is 112 cm³/mol. The van der Waals surface area contributed by atoms with Gasteiger partial charge in [0, 0.05) is 18.2 Å². The van der Waals surface area contributed by atoms with Crippen molar-refractivity contribution in [2.24, 2.45) is 5.16 Å². The summed E-state index contributed by atoms with van der Waals surface area (Å²) < 4.78 is 13.6. The Bertz CT molecular complexity index is 899. The van der Waals surface area contributed by atoms with Crippen LogP contribution in [0.2, 0.25) is 10.0 Å². The summed E-state index contributed by atoms with van der Waals surface area (Å²) >= 11 is 11.7. The van der Waals surface area contributed by atoms with Gasteiger partial charge in [-0.15, -0.1) is 0 Å². The molecule has 6 nitrogen and oxygen atoms in total. The quantitative estimate of drug-likeness (QED) is 0.363. The molecule has 0 aliphatic heterocycles. The summed E-state index contributed by atoms with van der Waals surface area (Å²) in [7, 11) is 2.99. The Morgan fingerprint density at radius 3 is 2.52 bits per heavy atom. The Balaban J connectivity index is 2.26. The Morgan fingerprint density at radius 2 is 1.93 bits per heavy atom. The van der Waals surface area contributed by atoms with Crippen LogP contribution in [0.3, 0.4) is 0 Å². The van der Waals surface area contributed by atoms with Crippen LogP contribution < -0.4 is 10.8 Å². The number of carbonyl (C=O) groups excluding carboxylic acids is 1. The number of benzene rings is 2. The lowest BCUT2D eigenvalue weighted by molar-refractivity contribution is -0.126. The molecule has 0 spiro atoms. The molecule has 2 N–H and O–H groups in total. The van der Waals surface area contributed by atoms with E-state index in [4.69, 9.17) is 32.9 Å². The molecule has 0 aliphatic rings. The first-order valence-electron chi connectivity index (χ1n) is 8.70. The summed E-state index contributed by atoms with van der Waals surface area (Å²) in [6.45, 7) is 3.71. The fourth-order valence-corrected chi connectivity index (χ4v) is 3.21. The van der Waals surface area contributed by atoms with Gasteiger partial charge in [0.25, 0.3) is 0 Å². The van der Waals surface area contributed by atoms with E-state index in [2.05, 4.69) is 16.0 Å². The van der Waals surface area contributed by atoms with Crippen LogP contribution in [-0.4, -0.2) is 25.8 Å². The zero-order valence-electron chi connectivity index (χ0n) is 16.5. The molecule has 0 aliphatic carbocycles. The summed E-state index contributed by atoms with van der Waals surface area (Å²) in [6, 6.07) is 7.70. The number of hydrogen-bond donors (Lipinski definition) is 2. The van der Waals surface area contributed by atoms with E-state index in [1.807, 2.05) is 25.1 Å². The van der Waals surface area contributed by atoms with Gasteiger partial charge in [-0.2, -0.15) is 5.48 Å². The maximum absolute atomic E-state index is 13.6. The molecule has 0 fully saturated rings. The summed E-state index contributed by atoms with van der Waals surface area (Å²) in [4.78, 5) is 22.7. The molecule has 156 valence electrons. The number of halogens is 3. The van der Waals surface area contributed by atoms with Gasteiger partial charge in [-0.05, 0) is 37.1 Å². The number of hydrogen-bond acceptors (Lipinski definition) is 5. The van der Waals surface area contributed by atoms with E-state index < -0.39 is 11.9 Å². The number of rotatable bonds is 8. The first-order valence-corrected chi connectivity index (χ1v) is 9.45. The van der Waals surface area contributed by atoms with E-state index in [-0.39, 0.29) is 22.6 Å². The van der Waals surface area contributed by atoms with E-state index in [1.54, 1.807) is 14.0 Å². The normalized spacial score (nSPS) is 12.6. The van der Waals surface area contributed by atoms with Crippen LogP contribution in [-0.2, 0) is 21.1 Å². The number of nitrogens with zero attached hydrogens (tertiary/aromatic N) is 1. The Kier molecular flexibility index (Phi) is 8.40. The van der Waals surface area contributed by atoms with E-state index in [0.29, 0.717) is 16.8 Å². The molecule has 2 aromatic carbocycles. The van der Waals surface area contributed by atoms with Gasteiger partial charge in [0.2, 0.25) is 5.91 Å². The van der Waals surface area contributed by atoms with Crippen molar-refractivity contribution in [1.29, 1.82) is 0 Å². The van der Waals surface area contributed by atoms with Crippen LogP contribution in [0.4, 0.5) is 4.39 Å². The predicted octanol–water partition coefficient (Wildman–Crippen LogP) is 4.32. The zero-order chi connectivity index (χ0) is 21.6. The summed E-state index contributed by atoms with van der Waals surface area (Å²) in [6.07, 6.45) is 0. The summed E-state index contributed by atoms with van der Waals surface area (Å²) in [5.74, 6) is -0.935. The van der Waals surface area contributed by atoms with Crippen molar-refractivity contribution in [3.63, 3.8) is 0 Å². The average molecular weight is 442 g/mol. The van der Waals surface area contributed by atoms with Crippen LogP contribution >= 0.6 is 23.2 Å². The maximum Gasteiger partial charge on any atom is 0.243 e. The van der Waals surface area contributed by atoms with Crippen molar-refractivity contribution in [2.45, 2.75) is 26.5 Å². The molecular formula is C20H22Cl2FN3O3. The van der Waals surface area contributed by atoms with Crippen molar-refractivity contribution in [3.8, 4) is 0 Å². The second kappa shape index (κ2) is 10.5. The number of oxime groups is 1. The highest BCUT2D eigenvalue weighted by Gasteiger charge is 2.23. The first-order chi connectivity index (χ1) is 13.8. The number of aryl methyl sites for hydroxylation is 1. The molecule has 1 atom stereocenters. The Hall–Kier alpha value is -2.19. The van der Waals surface area contributed by atoms with Gasteiger partial charge in [0.1, 0.15) is 12.6 Å². The third kappa shape index (κ3) is 5.67. The highest BCUT2D eigenvalue weighted by molar-refractivity contribution is 6.35. The molecule has 0 saturated carbocycles. The smallest absolute Gasteiger partial charge is 0.243 e. The number of amides is 1. The van der Waals surface area contributed by atoms with Crippen LogP contribution in [0.5, 0.6) is 0 Å². The molecule has 1 amide bonds. The SMILES string of the molecule is CNC(=O)C(NOC)c1cccc(C)c1CO/N=C(\C)c1cc(Cl)c(F)c(Cl)c1. The lowest BCUT2D eigenvalue weighted by atomic mass is 9.96. The molecule has 0 aromatic heterocycles. The molecule has 0 radical (unpaired) electrons. The summed E-state index contributed by atoms with van der Waals surface area (Å²) in [5, 5.41) is 6.49. The molecule has 0 saturated heterocycles. The third-order valence-electron chi connectivity index (χ3n) is 4.31. The number of hydroxylamine groups is 1. The van der Waals surface area contributed by atoms with Gasteiger partial charge in [0.05, 0.1) is 22.9 Å². The molecule has 1 unspecified atom stereocenters. The molecule has 2 aromatic rings. The fraction of sp³-hybridized carbons (Fsp3) is 0.300. The van der Waals surface area contributed by atoms with Crippen molar-refractivity contribution < 1.29 is 18.9 Å². The topological polar surface area (TPSA) is 72.0 Å². The Morgan fingerprint density at radius 1 is 1.28 bits per heavy atom. The van der Waals surface area contributed by atoms with Crippen LogP contribution in [0.25, 0.3) is 0 Å². The Labute approximate surface area is 178 Å². The average Bonchev–Trinajstić information content (AvgIpc) is 2.70. The van der Waals surface area contributed by atoms with Gasteiger partial charge < -0.3 is 15.0 Å². The van der Waals surface area contributed by atoms with Gasteiger partial charge in [-0.3, -0.25) is 4.79 Å². The number of nitrogens with one attached hydrogen (secondary N) is 2. The first kappa shape index (κ1) is 23.1. The van der Waals surface area contributed by atoms with Gasteiger partial charge in [-0.1, -0.05) is 46.6 Å². The zero-order valence-corrected chi connectivity index (χ0v) is 18.0. The van der Waals surface area contributed by atoms with Crippen LogP contribution in [0.1, 0.15) is 35.2 Å². The second-order valence-corrected chi connectivity index (χ2v) is 7.03. The lowest BCUT2D eigenvalue weighted by Gasteiger charge is -2.20. The second-order valence-electron chi connectivity index (χ2n) is 6.22. The molecule has 0 heterocycles. The number of carbonyl (C=O) groups is 1. The largest absolute Gasteiger partial charge is 0.391 e. The van der Waals surface area contributed by atoms with E-state index in [9.17, 15) is 9.18 Å². The highest BCUT2D eigenvalue weighted by Crippen LogP contribution is 2.26. The van der Waals surface area contributed by atoms with Crippen molar-refractivity contribution in [3.05, 3.63) is 68.4 Å². The highest BCUT2D eigenvalue weighted by atomic mass is 35.5. The minimum Gasteiger partial charge on any atom is -0.391 e. The van der Waals surface area contributed by atoms with E-state index >= 15 is 0 Å². The van der Waals surface area contributed by atoms with Gasteiger partial charge in [-0.25, -0.2) is 4.39 Å². The summed E-state index contributed by atoms with van der Waals surface area (Å²) in [5.41, 5.74) is 6.12. The molecule has 2 rings (SSSR count). The number of likely N-dealkylation sites (N-methyl/N-ethyl adjacent to an activating group) is 1. The minimum absolute atomic E-state index is 0.0951. The van der Waals surface area contributed by atoms with Crippen LogP contribution in [0.15, 0.2) is 35.5 Å². The molecular weight excluding hydrogens is 420 g/mol. The van der Waals surface area contributed by atoms with Crippen molar-refractivity contribution >= 4 is 34.8 Å². The molecule has 29 heavy (non-hydrogen) atoms. The van der Waals surface area contributed by atoms with Crippen molar-refractivity contribution in [1.82, 2.24) is 10.8 Å².